The number of hydrogen-bond acceptors (Lipinski definition) is 4. The topological polar surface area (TPSA) is 64.7 Å². The van der Waals surface area contributed by atoms with Crippen molar-refractivity contribution in [1.82, 2.24) is 0 Å². The Kier molecular flexibility index (Phi) is 3.46. The zero-order chi connectivity index (χ0) is 9.14. The number of nitrogens with two attached hydrogens (primary N) is 1. The summed E-state index contributed by atoms with van der Waals surface area (Å²) < 4.78 is 10.4. The molecule has 4 atom stereocenters. The third-order valence-corrected chi connectivity index (χ3v) is 2.56. The van der Waals surface area contributed by atoms with Gasteiger partial charge in [-0.05, 0) is 6.42 Å². The molecular weight excluding hydrogens is 158 g/mol. The molecule has 0 aromatic carbocycles. The maximum atomic E-state index is 9.01. The molecule has 4 heteroatoms. The van der Waals surface area contributed by atoms with Gasteiger partial charge in [-0.3, -0.25) is 0 Å². The zero-order valence-corrected chi connectivity index (χ0v) is 7.56. The van der Waals surface area contributed by atoms with Crippen LogP contribution in [0.2, 0.25) is 0 Å². The first kappa shape index (κ1) is 9.92. The summed E-state index contributed by atoms with van der Waals surface area (Å²) in [7, 11) is 3.24. The molecule has 12 heavy (non-hydrogen) atoms. The number of aliphatic hydroxyl groups excluding tert-OH is 1. The van der Waals surface area contributed by atoms with E-state index < -0.39 is 0 Å². The summed E-state index contributed by atoms with van der Waals surface area (Å²) in [6, 6.07) is -0.0166. The minimum Gasteiger partial charge on any atom is -0.396 e. The van der Waals surface area contributed by atoms with E-state index in [1.165, 1.54) is 0 Å². The number of methoxy groups -OCH3 is 2. The number of ether oxygens (including phenoxy) is 2. The van der Waals surface area contributed by atoms with E-state index >= 15 is 0 Å². The van der Waals surface area contributed by atoms with Crippen molar-refractivity contribution in [3.8, 4) is 0 Å². The summed E-state index contributed by atoms with van der Waals surface area (Å²) in [6.07, 6.45) is 0.634. The van der Waals surface area contributed by atoms with Gasteiger partial charge >= 0.3 is 0 Å². The molecule has 72 valence electrons. The van der Waals surface area contributed by atoms with E-state index in [0.29, 0.717) is 0 Å². The number of aliphatic hydroxyl groups is 1. The second-order valence-electron chi connectivity index (χ2n) is 3.24. The lowest BCUT2D eigenvalue weighted by atomic mass is 10.1. The minimum atomic E-state index is -0.0767. The van der Waals surface area contributed by atoms with Crippen LogP contribution in [0.5, 0.6) is 0 Å². The Morgan fingerprint density at radius 2 is 1.92 bits per heavy atom. The standard InChI is InChI=1S/C8H17NO3/c1-11-7-5(4-10)3-6(9)8(7)12-2/h5-8,10H,3-4,9H2,1-2H3/t5-,6-,7-,8+/m1/s1. The van der Waals surface area contributed by atoms with Crippen LogP contribution < -0.4 is 5.73 Å². The molecule has 0 bridgehead atoms. The van der Waals surface area contributed by atoms with Crippen molar-refractivity contribution in [2.24, 2.45) is 11.7 Å². The van der Waals surface area contributed by atoms with Crippen molar-refractivity contribution in [2.75, 3.05) is 20.8 Å². The van der Waals surface area contributed by atoms with E-state index in [0.717, 1.165) is 6.42 Å². The highest BCUT2D eigenvalue weighted by Gasteiger charge is 2.41. The Labute approximate surface area is 72.6 Å². The molecule has 0 heterocycles. The van der Waals surface area contributed by atoms with Crippen LogP contribution in [0.1, 0.15) is 6.42 Å². The van der Waals surface area contributed by atoms with Gasteiger partial charge in [0.25, 0.3) is 0 Å². The molecule has 0 aliphatic heterocycles. The van der Waals surface area contributed by atoms with Gasteiger partial charge in [0.2, 0.25) is 0 Å². The van der Waals surface area contributed by atoms with E-state index in [1.54, 1.807) is 14.2 Å². The predicted octanol–water partition coefficient (Wildman–Crippen LogP) is -0.644. The lowest BCUT2D eigenvalue weighted by molar-refractivity contribution is -0.0462. The van der Waals surface area contributed by atoms with Crippen LogP contribution in [-0.4, -0.2) is 44.2 Å². The molecule has 0 amide bonds. The molecule has 3 N–H and O–H groups in total. The fourth-order valence-electron chi connectivity index (χ4n) is 1.94. The van der Waals surface area contributed by atoms with Gasteiger partial charge in [-0.25, -0.2) is 0 Å². The Balaban J connectivity index is 2.61. The van der Waals surface area contributed by atoms with Gasteiger partial charge in [0.15, 0.2) is 0 Å². The number of rotatable bonds is 3. The van der Waals surface area contributed by atoms with Crippen molar-refractivity contribution in [2.45, 2.75) is 24.7 Å². The molecule has 0 aromatic rings. The average molecular weight is 175 g/mol. The van der Waals surface area contributed by atoms with Crippen LogP contribution in [0.4, 0.5) is 0 Å². The molecule has 1 rings (SSSR count). The highest BCUT2D eigenvalue weighted by atomic mass is 16.5. The van der Waals surface area contributed by atoms with E-state index in [9.17, 15) is 0 Å². The molecular formula is C8H17NO3. The largest absolute Gasteiger partial charge is 0.396 e. The predicted molar refractivity (Wildman–Crippen MR) is 44.8 cm³/mol. The normalized spacial score (nSPS) is 42.0. The van der Waals surface area contributed by atoms with Crippen molar-refractivity contribution in [3.05, 3.63) is 0 Å². The summed E-state index contributed by atoms with van der Waals surface area (Å²) in [5, 5.41) is 9.01. The third-order valence-electron chi connectivity index (χ3n) is 2.56. The van der Waals surface area contributed by atoms with Gasteiger partial charge in [0, 0.05) is 32.8 Å². The summed E-state index contributed by atoms with van der Waals surface area (Å²) >= 11 is 0. The number of hydrogen-bond donors (Lipinski definition) is 2. The van der Waals surface area contributed by atoms with Crippen molar-refractivity contribution < 1.29 is 14.6 Å². The van der Waals surface area contributed by atoms with Crippen LogP contribution in [0.3, 0.4) is 0 Å². The molecule has 0 unspecified atom stereocenters. The zero-order valence-electron chi connectivity index (χ0n) is 7.56. The lowest BCUT2D eigenvalue weighted by Gasteiger charge is -2.22. The van der Waals surface area contributed by atoms with Crippen LogP contribution >= 0.6 is 0 Å². The fourth-order valence-corrected chi connectivity index (χ4v) is 1.94. The second kappa shape index (κ2) is 4.18. The van der Waals surface area contributed by atoms with Crippen molar-refractivity contribution in [3.63, 3.8) is 0 Å². The van der Waals surface area contributed by atoms with E-state index in [1.807, 2.05) is 0 Å². The van der Waals surface area contributed by atoms with Gasteiger partial charge in [-0.15, -0.1) is 0 Å². The SMILES string of the molecule is CO[C@@H]1[C@@H](CO)C[C@@H](N)[C@@H]1OC. The first-order chi connectivity index (χ1) is 5.74. The van der Waals surface area contributed by atoms with Crippen LogP contribution in [0, 0.1) is 5.92 Å². The van der Waals surface area contributed by atoms with E-state index in [2.05, 4.69) is 0 Å². The summed E-state index contributed by atoms with van der Waals surface area (Å²) in [5.74, 6) is 0.120. The molecule has 0 spiro atoms. The minimum absolute atomic E-state index is 0.0166. The molecule has 0 saturated heterocycles. The molecule has 1 saturated carbocycles. The molecule has 1 aliphatic carbocycles. The first-order valence-corrected chi connectivity index (χ1v) is 4.16. The summed E-state index contributed by atoms with van der Waals surface area (Å²) in [6.45, 7) is 0.117. The van der Waals surface area contributed by atoms with E-state index in [4.69, 9.17) is 20.3 Å². The molecule has 1 aliphatic rings. The van der Waals surface area contributed by atoms with Crippen molar-refractivity contribution >= 4 is 0 Å². The van der Waals surface area contributed by atoms with Crippen LogP contribution in [-0.2, 0) is 9.47 Å². The van der Waals surface area contributed by atoms with Gasteiger partial charge in [0.05, 0.1) is 12.2 Å². The van der Waals surface area contributed by atoms with E-state index in [-0.39, 0.29) is 30.8 Å². The molecule has 4 nitrogen and oxygen atoms in total. The smallest absolute Gasteiger partial charge is 0.0986 e. The van der Waals surface area contributed by atoms with Gasteiger partial charge < -0.3 is 20.3 Å². The Bertz CT molecular complexity index is 142. The third kappa shape index (κ3) is 1.61. The second-order valence-corrected chi connectivity index (χ2v) is 3.24. The molecule has 0 aromatic heterocycles. The highest BCUT2D eigenvalue weighted by molar-refractivity contribution is 4.95. The van der Waals surface area contributed by atoms with Gasteiger partial charge in [-0.2, -0.15) is 0 Å². The monoisotopic (exact) mass is 175 g/mol. The van der Waals surface area contributed by atoms with Crippen LogP contribution in [0.15, 0.2) is 0 Å². The maximum absolute atomic E-state index is 9.01. The highest BCUT2D eigenvalue weighted by Crippen LogP contribution is 2.28. The van der Waals surface area contributed by atoms with Gasteiger partial charge in [0.1, 0.15) is 0 Å². The van der Waals surface area contributed by atoms with Crippen molar-refractivity contribution in [1.29, 1.82) is 0 Å². The Morgan fingerprint density at radius 3 is 2.33 bits per heavy atom. The van der Waals surface area contributed by atoms with Gasteiger partial charge in [-0.1, -0.05) is 0 Å². The molecule has 1 fully saturated rings. The van der Waals surface area contributed by atoms with Crippen LogP contribution in [0.25, 0.3) is 0 Å². The molecule has 0 radical (unpaired) electrons. The first-order valence-electron chi connectivity index (χ1n) is 4.16. The average Bonchev–Trinajstić information content (AvgIpc) is 2.40. The summed E-state index contributed by atoms with van der Waals surface area (Å²) in [4.78, 5) is 0. The fraction of sp³-hybridized carbons (Fsp3) is 1.00. The quantitative estimate of drug-likeness (QED) is 0.598. The Morgan fingerprint density at radius 1 is 1.33 bits per heavy atom. The Hall–Kier alpha value is -0.160. The lowest BCUT2D eigenvalue weighted by Crippen LogP contribution is -2.38. The maximum Gasteiger partial charge on any atom is 0.0986 e. The summed E-state index contributed by atoms with van der Waals surface area (Å²) in [5.41, 5.74) is 5.81.